The number of carbonyl (C=O) groups excluding carboxylic acids is 2. The lowest BCUT2D eigenvalue weighted by Crippen LogP contribution is -2.41. The molecule has 14 heavy (non-hydrogen) atoms. The maximum atomic E-state index is 11.6. The normalized spacial score (nSPS) is 12.4. The van der Waals surface area contributed by atoms with E-state index in [-0.39, 0.29) is 17.5 Å². The minimum absolute atomic E-state index is 0.00892. The molecule has 0 aliphatic carbocycles. The maximum Gasteiger partial charge on any atom is 0.143 e. The Labute approximate surface area is 90.3 Å². The molecule has 0 aromatic carbocycles. The maximum absolute atomic E-state index is 11.6. The molecule has 0 aliphatic rings. The van der Waals surface area contributed by atoms with Crippen molar-refractivity contribution in [1.29, 1.82) is 0 Å². The summed E-state index contributed by atoms with van der Waals surface area (Å²) in [7, 11) is 0. The van der Waals surface area contributed by atoms with E-state index in [0.717, 1.165) is 0 Å². The third-order valence-corrected chi connectivity index (χ3v) is 2.95. The minimum Gasteiger partial charge on any atom is -0.299 e. The first-order valence-corrected chi connectivity index (χ1v) is 5.10. The topological polar surface area (TPSA) is 34.1 Å². The van der Waals surface area contributed by atoms with Crippen LogP contribution in [-0.4, -0.2) is 11.6 Å². The highest BCUT2D eigenvalue weighted by Gasteiger charge is 2.42. The van der Waals surface area contributed by atoms with Gasteiger partial charge in [0.05, 0.1) is 5.41 Å². The van der Waals surface area contributed by atoms with Gasteiger partial charge in [-0.15, -0.1) is 0 Å². The Kier molecular flexibility index (Phi) is 5.06. The molecule has 0 aromatic heterocycles. The Bertz CT molecular complexity index is 240. The molecule has 0 bridgehead atoms. The van der Waals surface area contributed by atoms with Crippen molar-refractivity contribution in [2.24, 2.45) is 11.3 Å². The van der Waals surface area contributed by atoms with Gasteiger partial charge in [0.2, 0.25) is 0 Å². The smallest absolute Gasteiger partial charge is 0.143 e. The second kappa shape index (κ2) is 5.30. The van der Waals surface area contributed by atoms with Crippen LogP contribution in [0, 0.1) is 11.3 Å². The highest BCUT2D eigenvalue weighted by molar-refractivity contribution is 6.25. The van der Waals surface area contributed by atoms with E-state index in [4.69, 9.17) is 11.6 Å². The molecule has 0 rings (SSSR count). The van der Waals surface area contributed by atoms with Crippen molar-refractivity contribution in [3.05, 3.63) is 11.6 Å². The number of rotatable bonds is 5. The van der Waals surface area contributed by atoms with Crippen LogP contribution in [0.5, 0.6) is 0 Å². The van der Waals surface area contributed by atoms with Gasteiger partial charge in [0.15, 0.2) is 0 Å². The van der Waals surface area contributed by atoms with Crippen molar-refractivity contribution in [3.63, 3.8) is 0 Å². The Morgan fingerprint density at radius 1 is 1.29 bits per heavy atom. The molecule has 0 fully saturated rings. The number of ketones is 2. The van der Waals surface area contributed by atoms with Crippen molar-refractivity contribution < 1.29 is 9.59 Å². The van der Waals surface area contributed by atoms with Crippen LogP contribution >= 0.6 is 11.6 Å². The van der Waals surface area contributed by atoms with Crippen LogP contribution in [0.4, 0.5) is 0 Å². The van der Waals surface area contributed by atoms with Crippen LogP contribution in [0.1, 0.15) is 34.1 Å². The summed E-state index contributed by atoms with van der Waals surface area (Å²) in [5, 5.41) is 0. The van der Waals surface area contributed by atoms with Gasteiger partial charge >= 0.3 is 0 Å². The second-order valence-corrected chi connectivity index (χ2v) is 4.06. The molecule has 0 N–H and O–H groups in total. The molecular weight excluding hydrogens is 200 g/mol. The summed E-state index contributed by atoms with van der Waals surface area (Å²) in [4.78, 5) is 23.1. The Hall–Kier alpha value is -0.630. The fourth-order valence-corrected chi connectivity index (χ4v) is 1.90. The van der Waals surface area contributed by atoms with E-state index in [1.54, 1.807) is 6.08 Å². The van der Waals surface area contributed by atoms with E-state index in [9.17, 15) is 9.59 Å². The number of hydrogen-bond donors (Lipinski definition) is 0. The van der Waals surface area contributed by atoms with Gasteiger partial charge < -0.3 is 0 Å². The first kappa shape index (κ1) is 13.4. The summed E-state index contributed by atoms with van der Waals surface area (Å²) in [5.74, 6) is -0.185. The van der Waals surface area contributed by atoms with Crippen molar-refractivity contribution >= 4 is 23.2 Å². The molecule has 0 radical (unpaired) electrons. The lowest BCUT2D eigenvalue weighted by Gasteiger charge is -2.31. The molecule has 3 heteroatoms. The molecule has 80 valence electrons. The molecule has 0 unspecified atom stereocenters. The van der Waals surface area contributed by atoms with Crippen LogP contribution in [0.2, 0.25) is 0 Å². The highest BCUT2D eigenvalue weighted by atomic mass is 35.5. The van der Waals surface area contributed by atoms with E-state index in [1.165, 1.54) is 19.4 Å². The summed E-state index contributed by atoms with van der Waals surface area (Å²) in [6.07, 6.45) is 2.04. The zero-order valence-corrected chi connectivity index (χ0v) is 9.89. The largest absolute Gasteiger partial charge is 0.299 e. The average Bonchev–Trinajstić information content (AvgIpc) is 2.03. The van der Waals surface area contributed by atoms with E-state index < -0.39 is 5.41 Å². The van der Waals surface area contributed by atoms with Crippen LogP contribution < -0.4 is 0 Å². The lowest BCUT2D eigenvalue weighted by atomic mass is 9.69. The monoisotopic (exact) mass is 216 g/mol. The molecule has 0 atom stereocenters. The predicted octanol–water partition coefficient (Wildman–Crippen LogP) is 2.95. The summed E-state index contributed by atoms with van der Waals surface area (Å²) >= 11 is 5.42. The van der Waals surface area contributed by atoms with Gasteiger partial charge in [-0.3, -0.25) is 9.59 Å². The number of hydrogen-bond acceptors (Lipinski definition) is 2. The second-order valence-electron chi connectivity index (χ2n) is 3.80. The quantitative estimate of drug-likeness (QED) is 0.663. The average molecular weight is 217 g/mol. The standard InChI is InChI=1S/C11H17ClO2/c1-8(2)11(9(3)13,10(4)14)6-5-7-12/h5,7-8H,6H2,1-4H3/b7-5+. The summed E-state index contributed by atoms with van der Waals surface area (Å²) in [6, 6.07) is 0. The molecule has 0 saturated heterocycles. The van der Waals surface area contributed by atoms with Gasteiger partial charge in [-0.25, -0.2) is 0 Å². The number of Topliss-reactive ketones (excluding diaryl/α,β-unsaturated/α-hetero) is 2. The van der Waals surface area contributed by atoms with E-state index in [2.05, 4.69) is 0 Å². The van der Waals surface area contributed by atoms with Crippen molar-refractivity contribution in [2.45, 2.75) is 34.1 Å². The first-order valence-electron chi connectivity index (χ1n) is 4.66. The molecule has 0 heterocycles. The minimum atomic E-state index is -0.897. The van der Waals surface area contributed by atoms with E-state index in [1.807, 2.05) is 13.8 Å². The molecule has 0 aliphatic heterocycles. The Morgan fingerprint density at radius 2 is 1.71 bits per heavy atom. The summed E-state index contributed by atoms with van der Waals surface area (Å²) in [5.41, 5.74) is 0.453. The highest BCUT2D eigenvalue weighted by Crippen LogP contribution is 2.34. The molecule has 0 aromatic rings. The van der Waals surface area contributed by atoms with Crippen LogP contribution in [0.25, 0.3) is 0 Å². The van der Waals surface area contributed by atoms with Crippen molar-refractivity contribution in [1.82, 2.24) is 0 Å². The molecule has 0 amide bonds. The van der Waals surface area contributed by atoms with Crippen LogP contribution in [-0.2, 0) is 9.59 Å². The fraction of sp³-hybridized carbons (Fsp3) is 0.636. The molecular formula is C11H17ClO2. The van der Waals surface area contributed by atoms with Crippen molar-refractivity contribution in [2.75, 3.05) is 0 Å². The SMILES string of the molecule is CC(=O)C(C/C=C/Cl)(C(C)=O)C(C)C. The van der Waals surface area contributed by atoms with Gasteiger partial charge in [0, 0.05) is 5.54 Å². The van der Waals surface area contributed by atoms with Gasteiger partial charge in [-0.05, 0) is 26.2 Å². The van der Waals surface area contributed by atoms with Crippen LogP contribution in [0.15, 0.2) is 11.6 Å². The Balaban J connectivity index is 5.16. The first-order chi connectivity index (χ1) is 6.39. The van der Waals surface area contributed by atoms with Gasteiger partial charge in [-0.2, -0.15) is 0 Å². The third kappa shape index (κ3) is 2.44. The lowest BCUT2D eigenvalue weighted by molar-refractivity contribution is -0.141. The molecule has 0 spiro atoms. The summed E-state index contributed by atoms with van der Waals surface area (Å²) in [6.45, 7) is 6.68. The van der Waals surface area contributed by atoms with Crippen molar-refractivity contribution in [3.8, 4) is 0 Å². The van der Waals surface area contributed by atoms with E-state index >= 15 is 0 Å². The van der Waals surface area contributed by atoms with E-state index in [0.29, 0.717) is 6.42 Å². The summed E-state index contributed by atoms with van der Waals surface area (Å²) < 4.78 is 0. The van der Waals surface area contributed by atoms with Gasteiger partial charge in [0.1, 0.15) is 11.6 Å². The van der Waals surface area contributed by atoms with Gasteiger partial charge in [-0.1, -0.05) is 31.5 Å². The molecule has 2 nitrogen and oxygen atoms in total. The molecule has 0 saturated carbocycles. The number of halogens is 1. The van der Waals surface area contributed by atoms with Gasteiger partial charge in [0.25, 0.3) is 0 Å². The fourth-order valence-electron chi connectivity index (χ4n) is 1.81. The Morgan fingerprint density at radius 3 is 1.93 bits per heavy atom. The third-order valence-electron chi connectivity index (χ3n) is 2.77. The van der Waals surface area contributed by atoms with Crippen LogP contribution in [0.3, 0.4) is 0 Å². The number of allylic oxidation sites excluding steroid dienone is 1. The predicted molar refractivity (Wildman–Crippen MR) is 58.2 cm³/mol. The zero-order chi connectivity index (χ0) is 11.4. The number of carbonyl (C=O) groups is 2. The zero-order valence-electron chi connectivity index (χ0n) is 9.13.